The van der Waals surface area contributed by atoms with Crippen LogP contribution in [-0.4, -0.2) is 24.4 Å². The average molecular weight is 420 g/mol. The van der Waals surface area contributed by atoms with Gasteiger partial charge in [-0.3, -0.25) is 0 Å². The van der Waals surface area contributed by atoms with Gasteiger partial charge < -0.3 is 19.9 Å². The Hall–Kier alpha value is -2.56. The molecule has 4 heteroatoms. The van der Waals surface area contributed by atoms with Crippen LogP contribution in [0.5, 0.6) is 11.5 Å². The average Bonchev–Trinajstić information content (AvgIpc) is 3.19. The topological polar surface area (TPSA) is 50.7 Å². The number of hydrogen-bond donors (Lipinski definition) is 2. The van der Waals surface area contributed by atoms with Crippen LogP contribution in [0, 0.1) is 0 Å². The first-order valence-corrected chi connectivity index (χ1v) is 11.4. The molecule has 0 aromatic heterocycles. The Morgan fingerprint density at radius 1 is 1.03 bits per heavy atom. The van der Waals surface area contributed by atoms with E-state index >= 15 is 0 Å². The van der Waals surface area contributed by atoms with Crippen molar-refractivity contribution in [2.45, 2.75) is 63.8 Å². The molecule has 1 heterocycles. The molecule has 0 amide bonds. The maximum Gasteiger partial charge on any atom is 0.144 e. The molecule has 1 aliphatic heterocycles. The first kappa shape index (κ1) is 21.7. The fraction of sp³-hybridized carbons (Fsp3) is 0.407. The van der Waals surface area contributed by atoms with Gasteiger partial charge in [0.05, 0.1) is 19.3 Å². The van der Waals surface area contributed by atoms with Crippen LogP contribution in [0.2, 0.25) is 0 Å². The molecule has 31 heavy (non-hydrogen) atoms. The van der Waals surface area contributed by atoms with Crippen molar-refractivity contribution in [2.24, 2.45) is 0 Å². The smallest absolute Gasteiger partial charge is 0.144 e. The van der Waals surface area contributed by atoms with E-state index in [0.29, 0.717) is 0 Å². The number of aliphatic hydroxyl groups excluding tert-OH is 1. The molecule has 0 radical (unpaired) electrons. The third-order valence-corrected chi connectivity index (χ3v) is 6.23. The second kappa shape index (κ2) is 10.2. The molecule has 1 aliphatic rings. The zero-order chi connectivity index (χ0) is 21.6. The Bertz CT molecular complexity index is 988. The molecule has 0 bridgehead atoms. The summed E-state index contributed by atoms with van der Waals surface area (Å²) in [5, 5.41) is 17.0. The molecule has 0 aliphatic carbocycles. The maximum atomic E-state index is 11.1. The molecular formula is C27H33NO3. The van der Waals surface area contributed by atoms with E-state index in [0.717, 1.165) is 53.6 Å². The van der Waals surface area contributed by atoms with Crippen molar-refractivity contribution in [1.82, 2.24) is 5.32 Å². The zero-order valence-electron chi connectivity index (χ0n) is 18.5. The SMILES string of the molecule is CCCCCC[C@@H](O)[C@H]1Oc2ccc3cc(OC)ccc3c2[C@@H]1NCc1ccccc1. The van der Waals surface area contributed by atoms with Crippen molar-refractivity contribution >= 4 is 10.8 Å². The van der Waals surface area contributed by atoms with E-state index in [-0.39, 0.29) is 12.1 Å². The highest BCUT2D eigenvalue weighted by atomic mass is 16.5. The Balaban J connectivity index is 1.62. The summed E-state index contributed by atoms with van der Waals surface area (Å²) in [6, 6.07) is 20.5. The molecular weight excluding hydrogens is 386 g/mol. The minimum absolute atomic E-state index is 0.0755. The van der Waals surface area contributed by atoms with Crippen molar-refractivity contribution in [3.05, 3.63) is 71.8 Å². The number of methoxy groups -OCH3 is 1. The summed E-state index contributed by atoms with van der Waals surface area (Å²) in [4.78, 5) is 0. The zero-order valence-corrected chi connectivity index (χ0v) is 18.5. The molecule has 4 nitrogen and oxygen atoms in total. The van der Waals surface area contributed by atoms with Gasteiger partial charge in [0, 0.05) is 12.1 Å². The van der Waals surface area contributed by atoms with Crippen molar-refractivity contribution < 1.29 is 14.6 Å². The van der Waals surface area contributed by atoms with Gasteiger partial charge in [-0.1, -0.05) is 75.1 Å². The summed E-state index contributed by atoms with van der Waals surface area (Å²) in [5.41, 5.74) is 2.35. The monoisotopic (exact) mass is 419 g/mol. The van der Waals surface area contributed by atoms with Gasteiger partial charge in [0.2, 0.25) is 0 Å². The largest absolute Gasteiger partial charge is 0.497 e. The van der Waals surface area contributed by atoms with E-state index in [1.54, 1.807) is 7.11 Å². The second-order valence-corrected chi connectivity index (χ2v) is 8.41. The third kappa shape index (κ3) is 4.86. The van der Waals surface area contributed by atoms with Crippen molar-refractivity contribution in [3.63, 3.8) is 0 Å². The molecule has 0 spiro atoms. The molecule has 0 saturated heterocycles. The van der Waals surface area contributed by atoms with Crippen LogP contribution in [0.3, 0.4) is 0 Å². The third-order valence-electron chi connectivity index (χ3n) is 6.23. The van der Waals surface area contributed by atoms with Crippen molar-refractivity contribution in [2.75, 3.05) is 7.11 Å². The molecule has 4 rings (SSSR count). The predicted molar refractivity (Wildman–Crippen MR) is 126 cm³/mol. The van der Waals surface area contributed by atoms with Crippen LogP contribution in [0.15, 0.2) is 60.7 Å². The standard InChI is InChI=1S/C27H33NO3/c1-3-4-5-9-12-23(29)27-26(28-18-19-10-7-6-8-11-19)25-22-15-14-21(30-2)17-20(22)13-16-24(25)31-27/h6-8,10-11,13-17,23,26-29H,3-5,9,12,18H2,1-2H3/t23-,26+,27-/m1/s1. The summed E-state index contributed by atoms with van der Waals surface area (Å²) < 4.78 is 11.8. The number of fused-ring (bicyclic) bond motifs is 3. The van der Waals surface area contributed by atoms with Gasteiger partial charge in [0.25, 0.3) is 0 Å². The van der Waals surface area contributed by atoms with Crippen LogP contribution in [0.1, 0.15) is 56.2 Å². The Labute approximate surface area is 185 Å². The number of unbranched alkanes of at least 4 members (excludes halogenated alkanes) is 3. The number of aliphatic hydroxyl groups is 1. The van der Waals surface area contributed by atoms with E-state index in [1.807, 2.05) is 18.2 Å². The molecule has 0 saturated carbocycles. The van der Waals surface area contributed by atoms with Gasteiger partial charge in [-0.2, -0.15) is 0 Å². The van der Waals surface area contributed by atoms with Gasteiger partial charge in [-0.05, 0) is 41.0 Å². The lowest BCUT2D eigenvalue weighted by Gasteiger charge is -2.25. The molecule has 3 aromatic carbocycles. The second-order valence-electron chi connectivity index (χ2n) is 8.41. The number of rotatable bonds is 10. The summed E-state index contributed by atoms with van der Waals surface area (Å²) in [6.07, 6.45) is 4.53. The summed E-state index contributed by atoms with van der Waals surface area (Å²) in [7, 11) is 1.69. The highest BCUT2D eigenvalue weighted by Crippen LogP contribution is 2.43. The fourth-order valence-corrected chi connectivity index (χ4v) is 4.53. The van der Waals surface area contributed by atoms with Crippen LogP contribution < -0.4 is 14.8 Å². The highest BCUT2D eigenvalue weighted by molar-refractivity contribution is 5.90. The Kier molecular flexibility index (Phi) is 7.10. The van der Waals surface area contributed by atoms with Crippen LogP contribution >= 0.6 is 0 Å². The molecule has 0 fully saturated rings. The van der Waals surface area contributed by atoms with Crippen LogP contribution in [0.25, 0.3) is 10.8 Å². The number of nitrogens with one attached hydrogen (secondary N) is 1. The fourth-order valence-electron chi connectivity index (χ4n) is 4.53. The number of hydrogen-bond acceptors (Lipinski definition) is 4. The van der Waals surface area contributed by atoms with Gasteiger partial charge in [0.15, 0.2) is 0 Å². The van der Waals surface area contributed by atoms with E-state index in [9.17, 15) is 5.11 Å². The lowest BCUT2D eigenvalue weighted by Crippen LogP contribution is -2.39. The van der Waals surface area contributed by atoms with Crippen LogP contribution in [-0.2, 0) is 6.54 Å². The number of ether oxygens (including phenoxy) is 2. The molecule has 3 atom stereocenters. The van der Waals surface area contributed by atoms with E-state index in [1.165, 1.54) is 18.4 Å². The maximum absolute atomic E-state index is 11.1. The van der Waals surface area contributed by atoms with Gasteiger partial charge >= 0.3 is 0 Å². The summed E-state index contributed by atoms with van der Waals surface area (Å²) in [5.74, 6) is 1.70. The van der Waals surface area contributed by atoms with Crippen LogP contribution in [0.4, 0.5) is 0 Å². The molecule has 3 aromatic rings. The molecule has 0 unspecified atom stereocenters. The lowest BCUT2D eigenvalue weighted by molar-refractivity contribution is 0.0224. The number of benzene rings is 3. The minimum atomic E-state index is -0.508. The lowest BCUT2D eigenvalue weighted by atomic mass is 9.92. The Morgan fingerprint density at radius 3 is 2.65 bits per heavy atom. The normalized spacial score (nSPS) is 18.5. The minimum Gasteiger partial charge on any atom is -0.497 e. The van der Waals surface area contributed by atoms with Gasteiger partial charge in [0.1, 0.15) is 17.6 Å². The Morgan fingerprint density at radius 2 is 1.87 bits per heavy atom. The first-order valence-electron chi connectivity index (χ1n) is 11.4. The quantitative estimate of drug-likeness (QED) is 0.410. The van der Waals surface area contributed by atoms with Gasteiger partial charge in [-0.15, -0.1) is 0 Å². The molecule has 164 valence electrons. The van der Waals surface area contributed by atoms with E-state index in [2.05, 4.69) is 54.7 Å². The highest BCUT2D eigenvalue weighted by Gasteiger charge is 2.39. The van der Waals surface area contributed by atoms with Gasteiger partial charge in [-0.25, -0.2) is 0 Å². The van der Waals surface area contributed by atoms with E-state index in [4.69, 9.17) is 9.47 Å². The van der Waals surface area contributed by atoms with E-state index < -0.39 is 6.10 Å². The molecule has 2 N–H and O–H groups in total. The van der Waals surface area contributed by atoms with Crippen molar-refractivity contribution in [1.29, 1.82) is 0 Å². The first-order chi connectivity index (χ1) is 15.2. The summed E-state index contributed by atoms with van der Waals surface area (Å²) >= 11 is 0. The predicted octanol–water partition coefficient (Wildman–Crippen LogP) is 5.77. The summed E-state index contributed by atoms with van der Waals surface area (Å²) in [6.45, 7) is 2.93. The van der Waals surface area contributed by atoms with Crippen molar-refractivity contribution in [3.8, 4) is 11.5 Å².